The lowest BCUT2D eigenvalue weighted by atomic mass is 10.2. The van der Waals surface area contributed by atoms with Crippen LogP contribution in [0.4, 0.5) is 0 Å². The van der Waals surface area contributed by atoms with Gasteiger partial charge < -0.3 is 10.1 Å². The molecule has 0 spiro atoms. The highest BCUT2D eigenvalue weighted by atomic mass is 16.5. The van der Waals surface area contributed by atoms with Gasteiger partial charge in [0.15, 0.2) is 0 Å². The number of ether oxygens (including phenoxy) is 1. The summed E-state index contributed by atoms with van der Waals surface area (Å²) >= 11 is 0. The predicted octanol–water partition coefficient (Wildman–Crippen LogP) is 2.44. The molecule has 0 aliphatic carbocycles. The third kappa shape index (κ3) is 3.60. The second-order valence-electron chi connectivity index (χ2n) is 4.95. The Morgan fingerprint density at radius 2 is 2.00 bits per heavy atom. The average Bonchev–Trinajstić information content (AvgIpc) is 2.57. The molecule has 0 fully saturated rings. The molecule has 2 aromatic rings. The van der Waals surface area contributed by atoms with Gasteiger partial charge in [-0.3, -0.25) is 4.99 Å². The number of pyridine rings is 1. The smallest absolute Gasteiger partial charge is 0.224 e. The van der Waals surface area contributed by atoms with E-state index < -0.39 is 0 Å². The zero-order chi connectivity index (χ0) is 14.3. The first-order chi connectivity index (χ1) is 10.4. The van der Waals surface area contributed by atoms with Crippen LogP contribution in [0.5, 0.6) is 5.88 Å². The van der Waals surface area contributed by atoms with E-state index in [0.29, 0.717) is 12.5 Å². The molecule has 1 aliphatic heterocycles. The van der Waals surface area contributed by atoms with Gasteiger partial charge in [-0.2, -0.15) is 0 Å². The fraction of sp³-hybridized carbons (Fsp3) is 0.294. The molecule has 0 amide bonds. The van der Waals surface area contributed by atoms with E-state index in [-0.39, 0.29) is 0 Å². The Morgan fingerprint density at radius 1 is 1.10 bits per heavy atom. The second-order valence-corrected chi connectivity index (χ2v) is 4.95. The van der Waals surface area contributed by atoms with E-state index >= 15 is 0 Å². The topological polar surface area (TPSA) is 46.5 Å². The van der Waals surface area contributed by atoms with E-state index in [9.17, 15) is 0 Å². The summed E-state index contributed by atoms with van der Waals surface area (Å²) in [5.74, 6) is 1.55. The Hall–Kier alpha value is -2.36. The quantitative estimate of drug-likeness (QED) is 0.915. The van der Waals surface area contributed by atoms with Crippen molar-refractivity contribution >= 4 is 5.84 Å². The predicted molar refractivity (Wildman–Crippen MR) is 83.9 cm³/mol. The number of nitrogens with one attached hydrogen (secondary N) is 1. The Kier molecular flexibility index (Phi) is 4.46. The van der Waals surface area contributed by atoms with Crippen molar-refractivity contribution in [1.82, 2.24) is 10.3 Å². The Labute approximate surface area is 124 Å². The number of hydrogen-bond donors (Lipinski definition) is 1. The van der Waals surface area contributed by atoms with Crippen molar-refractivity contribution < 1.29 is 4.74 Å². The van der Waals surface area contributed by atoms with Gasteiger partial charge in [0.25, 0.3) is 0 Å². The molecule has 3 rings (SSSR count). The molecule has 0 saturated heterocycles. The molecular formula is C17H19N3O. The molecular weight excluding hydrogens is 262 g/mol. The van der Waals surface area contributed by atoms with Crippen LogP contribution >= 0.6 is 0 Å². The lowest BCUT2D eigenvalue weighted by Crippen LogP contribution is -2.30. The first-order valence-corrected chi connectivity index (χ1v) is 7.34. The van der Waals surface area contributed by atoms with Crippen LogP contribution in [0, 0.1) is 0 Å². The fourth-order valence-electron chi connectivity index (χ4n) is 2.31. The molecule has 0 saturated carbocycles. The highest BCUT2D eigenvalue weighted by molar-refractivity contribution is 6.00. The number of nitrogens with zero attached hydrogens (tertiary/aromatic N) is 2. The first kappa shape index (κ1) is 13.6. The maximum Gasteiger partial charge on any atom is 0.224 e. The van der Waals surface area contributed by atoms with Crippen molar-refractivity contribution in [1.29, 1.82) is 0 Å². The van der Waals surface area contributed by atoms with Crippen LogP contribution in [0.1, 0.15) is 17.5 Å². The van der Waals surface area contributed by atoms with E-state index in [1.807, 2.05) is 30.3 Å². The van der Waals surface area contributed by atoms with Gasteiger partial charge in [0.1, 0.15) is 5.84 Å². The Bertz CT molecular complexity index is 610. The monoisotopic (exact) mass is 281 g/mol. The van der Waals surface area contributed by atoms with Gasteiger partial charge in [0.05, 0.1) is 12.2 Å². The molecule has 1 aliphatic rings. The van der Waals surface area contributed by atoms with Gasteiger partial charge in [-0.25, -0.2) is 4.98 Å². The van der Waals surface area contributed by atoms with Crippen molar-refractivity contribution in [3.63, 3.8) is 0 Å². The van der Waals surface area contributed by atoms with Crippen molar-refractivity contribution in [2.24, 2.45) is 4.99 Å². The molecule has 1 N–H and O–H groups in total. The Balaban J connectivity index is 1.66. The summed E-state index contributed by atoms with van der Waals surface area (Å²) < 4.78 is 5.86. The lowest BCUT2D eigenvalue weighted by Gasteiger charge is -2.16. The summed E-state index contributed by atoms with van der Waals surface area (Å²) in [6.07, 6.45) is 3.70. The largest absolute Gasteiger partial charge is 0.477 e. The molecule has 1 aromatic heterocycles. The van der Waals surface area contributed by atoms with Crippen LogP contribution in [0.15, 0.2) is 53.7 Å². The first-order valence-electron chi connectivity index (χ1n) is 7.34. The number of aliphatic imine (C=N–C) groups is 1. The third-order valence-electron chi connectivity index (χ3n) is 3.40. The van der Waals surface area contributed by atoms with Gasteiger partial charge in [0.2, 0.25) is 5.88 Å². The highest BCUT2D eigenvalue weighted by Crippen LogP contribution is 2.16. The van der Waals surface area contributed by atoms with E-state index in [1.165, 1.54) is 5.56 Å². The summed E-state index contributed by atoms with van der Waals surface area (Å²) in [6, 6.07) is 14.2. The highest BCUT2D eigenvalue weighted by Gasteiger charge is 2.13. The van der Waals surface area contributed by atoms with Gasteiger partial charge >= 0.3 is 0 Å². The van der Waals surface area contributed by atoms with E-state index in [1.54, 1.807) is 6.20 Å². The summed E-state index contributed by atoms with van der Waals surface area (Å²) in [4.78, 5) is 8.85. The maximum absolute atomic E-state index is 5.86. The fourth-order valence-corrected chi connectivity index (χ4v) is 2.31. The molecule has 2 heterocycles. The summed E-state index contributed by atoms with van der Waals surface area (Å²) in [5.41, 5.74) is 2.22. The molecule has 0 unspecified atom stereocenters. The standard InChI is InChI=1S/C17H19N3O/c1-2-6-14(7-3-1)9-13-21-17-15(8-4-10-20-17)16-18-11-5-12-19-16/h1-4,6-8,10H,5,9,11-13H2,(H,18,19). The molecule has 0 bridgehead atoms. The van der Waals surface area contributed by atoms with Crippen molar-refractivity contribution in [2.75, 3.05) is 19.7 Å². The van der Waals surface area contributed by atoms with Crippen LogP contribution in [0.2, 0.25) is 0 Å². The Morgan fingerprint density at radius 3 is 2.81 bits per heavy atom. The molecule has 108 valence electrons. The number of amidine groups is 1. The minimum atomic E-state index is 0.612. The summed E-state index contributed by atoms with van der Waals surface area (Å²) in [7, 11) is 0. The van der Waals surface area contributed by atoms with Crippen LogP contribution in [0.3, 0.4) is 0 Å². The second kappa shape index (κ2) is 6.88. The summed E-state index contributed by atoms with van der Waals surface area (Å²) in [5, 5.41) is 3.31. The number of rotatable bonds is 5. The maximum atomic E-state index is 5.86. The lowest BCUT2D eigenvalue weighted by molar-refractivity contribution is 0.308. The number of hydrogen-bond acceptors (Lipinski definition) is 4. The van der Waals surface area contributed by atoms with Crippen molar-refractivity contribution in [3.8, 4) is 5.88 Å². The molecule has 4 nitrogen and oxygen atoms in total. The van der Waals surface area contributed by atoms with Crippen LogP contribution in [-0.4, -0.2) is 30.5 Å². The number of aromatic nitrogens is 1. The third-order valence-corrected chi connectivity index (χ3v) is 3.40. The number of benzene rings is 1. The molecule has 1 aromatic carbocycles. The van der Waals surface area contributed by atoms with Crippen molar-refractivity contribution in [2.45, 2.75) is 12.8 Å². The van der Waals surface area contributed by atoms with Gasteiger partial charge in [-0.15, -0.1) is 0 Å². The molecule has 21 heavy (non-hydrogen) atoms. The average molecular weight is 281 g/mol. The van der Waals surface area contributed by atoms with Gasteiger partial charge in [-0.1, -0.05) is 30.3 Å². The molecule has 4 heteroatoms. The van der Waals surface area contributed by atoms with E-state index in [0.717, 1.165) is 37.3 Å². The van der Waals surface area contributed by atoms with E-state index in [2.05, 4.69) is 27.4 Å². The zero-order valence-corrected chi connectivity index (χ0v) is 12.0. The SMILES string of the molecule is c1ccc(CCOc2ncccc2C2=NCCCN2)cc1. The zero-order valence-electron chi connectivity index (χ0n) is 12.0. The minimum Gasteiger partial charge on any atom is -0.477 e. The van der Waals surface area contributed by atoms with Crippen LogP contribution in [0.25, 0.3) is 0 Å². The molecule has 0 radical (unpaired) electrons. The van der Waals surface area contributed by atoms with Gasteiger partial charge in [0, 0.05) is 25.7 Å². The summed E-state index contributed by atoms with van der Waals surface area (Å²) in [6.45, 7) is 2.43. The van der Waals surface area contributed by atoms with Crippen LogP contribution in [-0.2, 0) is 6.42 Å². The van der Waals surface area contributed by atoms with Crippen LogP contribution < -0.4 is 10.1 Å². The molecule has 0 atom stereocenters. The minimum absolute atomic E-state index is 0.612. The normalized spacial score (nSPS) is 14.2. The van der Waals surface area contributed by atoms with E-state index in [4.69, 9.17) is 4.74 Å². The van der Waals surface area contributed by atoms with Crippen molar-refractivity contribution in [3.05, 3.63) is 59.8 Å². The van der Waals surface area contributed by atoms with Gasteiger partial charge in [-0.05, 0) is 24.1 Å².